The Bertz CT molecular complexity index is 1880. The van der Waals surface area contributed by atoms with Gasteiger partial charge in [-0.25, -0.2) is 14.2 Å². The molecule has 2 aromatic carbocycles. The summed E-state index contributed by atoms with van der Waals surface area (Å²) in [5.41, 5.74) is 1.78. The molecule has 14 heteroatoms. The molecule has 1 N–H and O–H groups in total. The summed E-state index contributed by atoms with van der Waals surface area (Å²) in [6.45, 7) is 2.43. The second kappa shape index (κ2) is 15.1. The maximum Gasteiger partial charge on any atom is 0.416 e. The van der Waals surface area contributed by atoms with Crippen LogP contribution in [0.5, 0.6) is 11.5 Å². The molecule has 50 heavy (non-hydrogen) atoms. The van der Waals surface area contributed by atoms with Crippen LogP contribution in [-0.2, 0) is 17.7 Å². The number of methoxy groups -OCH3 is 2. The highest BCUT2D eigenvalue weighted by atomic mass is 35.5. The third-order valence-corrected chi connectivity index (χ3v) is 10.0. The number of rotatable bonds is 11. The first kappa shape index (κ1) is 35.2. The van der Waals surface area contributed by atoms with Gasteiger partial charge in [-0.15, -0.1) is 0 Å². The Hall–Kier alpha value is -4.65. The fourth-order valence-corrected chi connectivity index (χ4v) is 7.41. The van der Waals surface area contributed by atoms with Crippen LogP contribution in [0.1, 0.15) is 51.4 Å². The number of hydrogen-bond donors (Lipinski definition) is 1. The van der Waals surface area contributed by atoms with Gasteiger partial charge in [0.05, 0.1) is 26.7 Å². The van der Waals surface area contributed by atoms with Gasteiger partial charge < -0.3 is 24.1 Å². The van der Waals surface area contributed by atoms with Gasteiger partial charge in [0, 0.05) is 40.6 Å². The molecule has 11 nitrogen and oxygen atoms in total. The van der Waals surface area contributed by atoms with Crippen molar-refractivity contribution in [3.8, 4) is 11.5 Å². The number of benzene rings is 2. The summed E-state index contributed by atoms with van der Waals surface area (Å²) >= 11 is 13.1. The molecule has 0 unspecified atom stereocenters. The number of ether oxygens (including phenoxy) is 3. The molecule has 2 aromatic heterocycles. The average molecular weight is 726 g/mol. The predicted octanol–water partition coefficient (Wildman–Crippen LogP) is 5.05. The topological polar surface area (TPSA) is 128 Å². The molecular formula is C36H35Cl2FN4O7. The molecule has 0 spiro atoms. The monoisotopic (exact) mass is 724 g/mol. The Balaban J connectivity index is 1.43. The van der Waals surface area contributed by atoms with Crippen molar-refractivity contribution in [2.75, 3.05) is 38.8 Å². The highest BCUT2D eigenvalue weighted by Crippen LogP contribution is 2.39. The third-order valence-electron chi connectivity index (χ3n) is 9.39. The smallest absolute Gasteiger partial charge is 0.416 e. The first-order chi connectivity index (χ1) is 24.0. The predicted molar refractivity (Wildman–Crippen MR) is 180 cm³/mol. The minimum Gasteiger partial charge on any atom is -0.545 e. The van der Waals surface area contributed by atoms with E-state index in [2.05, 4.69) is 9.88 Å². The summed E-state index contributed by atoms with van der Waals surface area (Å²) in [6, 6.07) is 12.1. The van der Waals surface area contributed by atoms with Crippen LogP contribution in [0.2, 0.25) is 10.0 Å². The maximum absolute atomic E-state index is 14.5. The molecule has 3 saturated heterocycles. The van der Waals surface area contributed by atoms with E-state index in [9.17, 15) is 24.3 Å². The summed E-state index contributed by atoms with van der Waals surface area (Å²) in [4.78, 5) is 34.2. The summed E-state index contributed by atoms with van der Waals surface area (Å²) in [6.07, 6.45) is 4.75. The summed E-state index contributed by atoms with van der Waals surface area (Å²) in [5, 5.41) is 22.9. The highest BCUT2D eigenvalue weighted by molar-refractivity contribution is 6.35. The summed E-state index contributed by atoms with van der Waals surface area (Å²) in [7, 11) is 2.99. The van der Waals surface area contributed by atoms with Crippen LogP contribution in [0.25, 0.3) is 0 Å². The van der Waals surface area contributed by atoms with E-state index in [1.807, 2.05) is 0 Å². The van der Waals surface area contributed by atoms with Crippen LogP contribution in [0, 0.1) is 11.7 Å². The first-order valence-electron chi connectivity index (χ1n) is 16.0. The SMILES string of the molecule is COc1ccc([C@H](Cc2c(Cl)c[n+](O)cc2Cl)c2cc(CN(C(=O)O[C@H]3CN4CCC3CC4)c3cc(F)ccn3)ccc2C(=O)[O-])cc1OC. The Morgan fingerprint density at radius 3 is 2.40 bits per heavy atom. The van der Waals surface area contributed by atoms with Gasteiger partial charge in [-0.2, -0.15) is 0 Å². The fourth-order valence-electron chi connectivity index (χ4n) is 6.80. The van der Waals surface area contributed by atoms with Crippen LogP contribution < -0.4 is 24.2 Å². The zero-order chi connectivity index (χ0) is 35.5. The summed E-state index contributed by atoms with van der Waals surface area (Å²) < 4.78 is 32.2. The lowest BCUT2D eigenvalue weighted by Crippen LogP contribution is -2.53. The molecule has 262 valence electrons. The normalized spacial score (nSPS) is 18.7. The Morgan fingerprint density at radius 1 is 1.06 bits per heavy atom. The second-order valence-corrected chi connectivity index (χ2v) is 13.2. The van der Waals surface area contributed by atoms with Gasteiger partial charge in [-0.05, 0) is 73.2 Å². The largest absolute Gasteiger partial charge is 0.545 e. The minimum atomic E-state index is -1.43. The van der Waals surface area contributed by atoms with Crippen molar-refractivity contribution in [1.29, 1.82) is 0 Å². The molecule has 5 heterocycles. The molecule has 0 aliphatic carbocycles. The molecule has 3 fully saturated rings. The standard InChI is InChI=1S/C36H35Cl2FN4O7/c1-48-31-6-4-23(14-32(31)49-2)26(16-28-29(37)18-42(47)19-30(28)38)27-13-21(3-5-25(27)35(44)45)17-43(34-15-24(39)7-10-40-34)36(46)50-33-20-41-11-8-22(33)9-12-41/h3-7,10,13-15,18-19,22,26,33H,8-9,11-12,16-17,20H2,1-2H3,(H-,44,45,47)/t26-,33-/m0/s1. The Morgan fingerprint density at radius 2 is 1.78 bits per heavy atom. The van der Waals surface area contributed by atoms with E-state index in [1.54, 1.807) is 30.3 Å². The molecule has 3 aliphatic rings. The molecule has 7 rings (SSSR count). The van der Waals surface area contributed by atoms with Gasteiger partial charge in [0.2, 0.25) is 12.4 Å². The number of hydrogen-bond acceptors (Lipinski definition) is 9. The van der Waals surface area contributed by atoms with Crippen LogP contribution in [0.4, 0.5) is 15.0 Å². The van der Waals surface area contributed by atoms with Gasteiger partial charge in [-0.1, -0.05) is 47.5 Å². The lowest BCUT2D eigenvalue weighted by molar-refractivity contribution is -0.904. The minimum absolute atomic E-state index is 0.0402. The number of carboxylic acid groups (broad SMARTS) is 1. The molecule has 1 amide bonds. The second-order valence-electron chi connectivity index (χ2n) is 12.4. The van der Waals surface area contributed by atoms with Crippen molar-refractivity contribution in [3.05, 3.63) is 111 Å². The number of carboxylic acids is 1. The lowest BCUT2D eigenvalue weighted by atomic mass is 9.82. The zero-order valence-corrected chi connectivity index (χ0v) is 28.9. The quantitative estimate of drug-likeness (QED) is 0.167. The van der Waals surface area contributed by atoms with E-state index in [4.69, 9.17) is 37.4 Å². The Labute approximate surface area is 298 Å². The van der Waals surface area contributed by atoms with Crippen LogP contribution in [-0.4, -0.2) is 67.1 Å². The van der Waals surface area contributed by atoms with Crippen molar-refractivity contribution in [1.82, 2.24) is 9.88 Å². The third kappa shape index (κ3) is 7.57. The molecule has 2 bridgehead atoms. The van der Waals surface area contributed by atoms with Gasteiger partial charge >= 0.3 is 6.09 Å². The number of amides is 1. The summed E-state index contributed by atoms with van der Waals surface area (Å²) in [5.74, 6) is -1.59. The highest BCUT2D eigenvalue weighted by Gasteiger charge is 2.38. The van der Waals surface area contributed by atoms with Gasteiger partial charge in [0.1, 0.15) is 27.8 Å². The number of anilines is 1. The van der Waals surface area contributed by atoms with Crippen molar-refractivity contribution in [3.63, 3.8) is 0 Å². The van der Waals surface area contributed by atoms with E-state index in [0.717, 1.165) is 36.7 Å². The van der Waals surface area contributed by atoms with Crippen LogP contribution in [0.15, 0.2) is 67.1 Å². The number of pyridine rings is 2. The van der Waals surface area contributed by atoms with Gasteiger partial charge in [0.15, 0.2) is 11.5 Å². The molecule has 0 saturated carbocycles. The molecule has 2 atom stereocenters. The van der Waals surface area contributed by atoms with E-state index in [1.165, 1.54) is 49.8 Å². The number of aromatic nitrogens is 2. The van der Waals surface area contributed by atoms with E-state index >= 15 is 0 Å². The number of fused-ring (bicyclic) bond motifs is 3. The molecule has 0 radical (unpaired) electrons. The van der Waals surface area contributed by atoms with E-state index in [0.29, 0.717) is 40.3 Å². The number of piperidine rings is 3. The lowest BCUT2D eigenvalue weighted by Gasteiger charge is -2.44. The number of carbonyl (C=O) groups is 2. The van der Waals surface area contributed by atoms with Crippen LogP contribution in [0.3, 0.4) is 0 Å². The van der Waals surface area contributed by atoms with Crippen molar-refractivity contribution < 1.29 is 43.2 Å². The van der Waals surface area contributed by atoms with Gasteiger partial charge in [-0.3, -0.25) is 15.0 Å². The number of nitrogens with zero attached hydrogens (tertiary/aromatic N) is 4. The first-order valence-corrected chi connectivity index (χ1v) is 16.8. The van der Waals surface area contributed by atoms with Gasteiger partial charge in [0.25, 0.3) is 0 Å². The zero-order valence-electron chi connectivity index (χ0n) is 27.4. The number of halogens is 3. The molecular weight excluding hydrogens is 690 g/mol. The average Bonchev–Trinajstić information content (AvgIpc) is 3.10. The molecule has 3 aliphatic heterocycles. The molecule has 4 aromatic rings. The number of aromatic carboxylic acids is 1. The number of carbonyl (C=O) groups excluding carboxylic acids is 2. The van der Waals surface area contributed by atoms with Crippen molar-refractivity contribution >= 4 is 41.1 Å². The van der Waals surface area contributed by atoms with E-state index < -0.39 is 23.8 Å². The van der Waals surface area contributed by atoms with Crippen molar-refractivity contribution in [2.24, 2.45) is 5.92 Å². The maximum atomic E-state index is 14.5. The van der Waals surface area contributed by atoms with E-state index in [-0.39, 0.29) is 46.4 Å². The fraction of sp³-hybridized carbons (Fsp3) is 0.333. The Kier molecular flexibility index (Phi) is 10.6. The van der Waals surface area contributed by atoms with Crippen molar-refractivity contribution in [2.45, 2.75) is 37.8 Å². The van der Waals surface area contributed by atoms with Crippen LogP contribution >= 0.6 is 23.2 Å².